The Bertz CT molecular complexity index is 429. The van der Waals surface area contributed by atoms with Crippen LogP contribution in [0.15, 0.2) is 24.3 Å². The van der Waals surface area contributed by atoms with Crippen LogP contribution in [0.2, 0.25) is 0 Å². The fraction of sp³-hybridized carbons (Fsp3) is 0.588. The van der Waals surface area contributed by atoms with Gasteiger partial charge in [-0.2, -0.15) is 0 Å². The average molecular weight is 277 g/mol. The first kappa shape index (κ1) is 16.7. The standard InChI is InChI=1S/C17H27NO2/c1-12(19)6-11-16(20)18-13(2)14-7-9-15(10-8-14)17(3,4)5/h7-10,12-13,19H,6,11H2,1-5H3,(H,18,20). The largest absolute Gasteiger partial charge is 0.393 e. The number of amides is 1. The Morgan fingerprint density at radius 1 is 1.20 bits per heavy atom. The zero-order valence-electron chi connectivity index (χ0n) is 13.2. The summed E-state index contributed by atoms with van der Waals surface area (Å²) < 4.78 is 0. The molecule has 0 saturated carbocycles. The minimum absolute atomic E-state index is 0.00878. The molecule has 0 spiro atoms. The normalized spacial score (nSPS) is 14.7. The quantitative estimate of drug-likeness (QED) is 0.867. The van der Waals surface area contributed by atoms with Gasteiger partial charge in [0.15, 0.2) is 0 Å². The molecule has 3 heteroatoms. The summed E-state index contributed by atoms with van der Waals surface area (Å²) >= 11 is 0. The molecule has 0 aliphatic rings. The van der Waals surface area contributed by atoms with Crippen LogP contribution >= 0.6 is 0 Å². The molecule has 1 aromatic carbocycles. The van der Waals surface area contributed by atoms with E-state index in [1.165, 1.54) is 5.56 Å². The predicted octanol–water partition coefficient (Wildman–Crippen LogP) is 3.32. The summed E-state index contributed by atoms with van der Waals surface area (Å²) in [6.45, 7) is 10.2. The van der Waals surface area contributed by atoms with E-state index in [9.17, 15) is 9.90 Å². The molecular weight excluding hydrogens is 250 g/mol. The maximum absolute atomic E-state index is 11.7. The summed E-state index contributed by atoms with van der Waals surface area (Å²) in [6, 6.07) is 8.37. The number of benzene rings is 1. The van der Waals surface area contributed by atoms with Crippen LogP contribution in [0.5, 0.6) is 0 Å². The van der Waals surface area contributed by atoms with Gasteiger partial charge >= 0.3 is 0 Å². The lowest BCUT2D eigenvalue weighted by atomic mass is 9.86. The van der Waals surface area contributed by atoms with Crippen LogP contribution in [0, 0.1) is 0 Å². The summed E-state index contributed by atoms with van der Waals surface area (Å²) in [5.74, 6) is -0.0155. The molecule has 3 nitrogen and oxygen atoms in total. The van der Waals surface area contributed by atoms with E-state index in [-0.39, 0.29) is 17.4 Å². The number of hydrogen-bond donors (Lipinski definition) is 2. The molecule has 20 heavy (non-hydrogen) atoms. The van der Waals surface area contributed by atoms with E-state index in [1.807, 2.05) is 6.92 Å². The highest BCUT2D eigenvalue weighted by molar-refractivity contribution is 5.76. The van der Waals surface area contributed by atoms with Gasteiger partial charge in [-0.25, -0.2) is 0 Å². The molecule has 1 amide bonds. The van der Waals surface area contributed by atoms with Crippen molar-refractivity contribution in [1.82, 2.24) is 5.32 Å². The van der Waals surface area contributed by atoms with Crippen LogP contribution in [-0.2, 0) is 10.2 Å². The lowest BCUT2D eigenvalue weighted by molar-refractivity contribution is -0.122. The molecule has 0 aliphatic carbocycles. The molecule has 0 aliphatic heterocycles. The number of aliphatic hydroxyl groups is 1. The van der Waals surface area contributed by atoms with Crippen LogP contribution in [-0.4, -0.2) is 17.1 Å². The average Bonchev–Trinajstić information content (AvgIpc) is 2.35. The second-order valence-electron chi connectivity index (χ2n) is 6.55. The van der Waals surface area contributed by atoms with Crippen LogP contribution in [0.25, 0.3) is 0 Å². The van der Waals surface area contributed by atoms with E-state index >= 15 is 0 Å². The summed E-state index contributed by atoms with van der Waals surface area (Å²) in [7, 11) is 0. The first-order valence-electron chi connectivity index (χ1n) is 7.28. The molecule has 0 heterocycles. The van der Waals surface area contributed by atoms with Gasteiger partial charge in [-0.3, -0.25) is 4.79 Å². The molecule has 0 bridgehead atoms. The van der Waals surface area contributed by atoms with Crippen LogP contribution in [0.1, 0.15) is 64.6 Å². The fourth-order valence-electron chi connectivity index (χ4n) is 2.01. The van der Waals surface area contributed by atoms with Crippen molar-refractivity contribution in [2.75, 3.05) is 0 Å². The van der Waals surface area contributed by atoms with Crippen molar-refractivity contribution in [2.45, 2.75) is 65.0 Å². The molecule has 2 unspecified atom stereocenters. The predicted molar refractivity (Wildman–Crippen MR) is 82.6 cm³/mol. The lowest BCUT2D eigenvalue weighted by Gasteiger charge is -2.20. The lowest BCUT2D eigenvalue weighted by Crippen LogP contribution is -2.27. The first-order valence-corrected chi connectivity index (χ1v) is 7.28. The SMILES string of the molecule is CC(O)CCC(=O)NC(C)c1ccc(C(C)(C)C)cc1. The number of aliphatic hydroxyl groups excluding tert-OH is 1. The maximum Gasteiger partial charge on any atom is 0.220 e. The molecule has 0 radical (unpaired) electrons. The minimum atomic E-state index is -0.429. The van der Waals surface area contributed by atoms with Crippen molar-refractivity contribution in [3.8, 4) is 0 Å². The Morgan fingerprint density at radius 3 is 2.20 bits per heavy atom. The van der Waals surface area contributed by atoms with E-state index in [0.29, 0.717) is 12.8 Å². The van der Waals surface area contributed by atoms with E-state index in [0.717, 1.165) is 5.56 Å². The highest BCUT2D eigenvalue weighted by atomic mass is 16.3. The van der Waals surface area contributed by atoms with Crippen LogP contribution in [0.4, 0.5) is 0 Å². The smallest absolute Gasteiger partial charge is 0.220 e. The zero-order chi connectivity index (χ0) is 15.3. The second kappa shape index (κ2) is 6.89. The highest BCUT2D eigenvalue weighted by Gasteiger charge is 2.15. The molecule has 2 N–H and O–H groups in total. The molecular formula is C17H27NO2. The molecule has 0 fully saturated rings. The van der Waals surface area contributed by atoms with Gasteiger partial charge in [0.25, 0.3) is 0 Å². The Hall–Kier alpha value is -1.35. The first-order chi connectivity index (χ1) is 9.20. The van der Waals surface area contributed by atoms with Gasteiger partial charge in [0.05, 0.1) is 12.1 Å². The van der Waals surface area contributed by atoms with Crippen molar-refractivity contribution < 1.29 is 9.90 Å². The number of rotatable bonds is 5. The van der Waals surface area contributed by atoms with Gasteiger partial charge in [0.2, 0.25) is 5.91 Å². The Labute approximate surface area is 122 Å². The minimum Gasteiger partial charge on any atom is -0.393 e. The van der Waals surface area contributed by atoms with Gasteiger partial charge in [0, 0.05) is 6.42 Å². The number of nitrogens with one attached hydrogen (secondary N) is 1. The van der Waals surface area contributed by atoms with Crippen LogP contribution in [0.3, 0.4) is 0 Å². The summed E-state index contributed by atoms with van der Waals surface area (Å²) in [4.78, 5) is 11.7. The van der Waals surface area contributed by atoms with Crippen LogP contribution < -0.4 is 5.32 Å². The summed E-state index contributed by atoms with van der Waals surface area (Å²) in [6.07, 6.45) is 0.436. The fourth-order valence-corrected chi connectivity index (χ4v) is 2.01. The van der Waals surface area contributed by atoms with Gasteiger partial charge in [-0.05, 0) is 36.8 Å². The molecule has 1 aromatic rings. The second-order valence-corrected chi connectivity index (χ2v) is 6.55. The zero-order valence-corrected chi connectivity index (χ0v) is 13.2. The molecule has 0 aromatic heterocycles. The van der Waals surface area contributed by atoms with Gasteiger partial charge in [0.1, 0.15) is 0 Å². The Morgan fingerprint density at radius 2 is 1.75 bits per heavy atom. The van der Waals surface area contributed by atoms with Crippen molar-refractivity contribution in [1.29, 1.82) is 0 Å². The molecule has 1 rings (SSSR count). The maximum atomic E-state index is 11.7. The van der Waals surface area contributed by atoms with Gasteiger partial charge in [-0.15, -0.1) is 0 Å². The van der Waals surface area contributed by atoms with Crippen molar-refractivity contribution in [3.05, 3.63) is 35.4 Å². The molecule has 0 saturated heterocycles. The number of carbonyl (C=O) groups is 1. The Balaban J connectivity index is 2.60. The van der Waals surface area contributed by atoms with E-state index in [4.69, 9.17) is 0 Å². The summed E-state index contributed by atoms with van der Waals surface area (Å²) in [5, 5.41) is 12.1. The van der Waals surface area contributed by atoms with Crippen molar-refractivity contribution in [3.63, 3.8) is 0 Å². The number of hydrogen-bond acceptors (Lipinski definition) is 2. The number of carbonyl (C=O) groups excluding carboxylic acids is 1. The van der Waals surface area contributed by atoms with E-state index in [2.05, 4.69) is 50.4 Å². The third-order valence-electron chi connectivity index (χ3n) is 3.44. The monoisotopic (exact) mass is 277 g/mol. The van der Waals surface area contributed by atoms with E-state index < -0.39 is 6.10 Å². The summed E-state index contributed by atoms with van der Waals surface area (Å²) in [5.41, 5.74) is 2.53. The third-order valence-corrected chi connectivity index (χ3v) is 3.44. The van der Waals surface area contributed by atoms with Gasteiger partial charge in [-0.1, -0.05) is 45.0 Å². The molecule has 2 atom stereocenters. The Kier molecular flexibility index (Phi) is 5.75. The topological polar surface area (TPSA) is 49.3 Å². The molecule has 112 valence electrons. The van der Waals surface area contributed by atoms with Crippen molar-refractivity contribution >= 4 is 5.91 Å². The third kappa shape index (κ3) is 5.33. The van der Waals surface area contributed by atoms with Gasteiger partial charge < -0.3 is 10.4 Å². The van der Waals surface area contributed by atoms with Crippen molar-refractivity contribution in [2.24, 2.45) is 0 Å². The van der Waals surface area contributed by atoms with E-state index in [1.54, 1.807) is 6.92 Å². The highest BCUT2D eigenvalue weighted by Crippen LogP contribution is 2.23.